The van der Waals surface area contributed by atoms with E-state index in [9.17, 15) is 9.18 Å². The highest BCUT2D eigenvalue weighted by Gasteiger charge is 2.23. The van der Waals surface area contributed by atoms with Crippen molar-refractivity contribution in [3.05, 3.63) is 65.7 Å². The zero-order chi connectivity index (χ0) is 16.8. The van der Waals surface area contributed by atoms with Gasteiger partial charge in [0.15, 0.2) is 0 Å². The molecule has 1 amide bonds. The summed E-state index contributed by atoms with van der Waals surface area (Å²) in [5, 5.41) is 2.84. The molecule has 0 radical (unpaired) electrons. The lowest BCUT2D eigenvalue weighted by Crippen LogP contribution is -2.47. The average molecular weight is 316 g/mol. The van der Waals surface area contributed by atoms with Gasteiger partial charge in [-0.25, -0.2) is 4.98 Å². The van der Waals surface area contributed by atoms with Crippen molar-refractivity contribution in [3.8, 4) is 0 Å². The van der Waals surface area contributed by atoms with Gasteiger partial charge in [-0.2, -0.15) is 4.39 Å². The van der Waals surface area contributed by atoms with E-state index in [2.05, 4.69) is 10.3 Å². The average Bonchev–Trinajstić information content (AvgIpc) is 2.55. The predicted octanol–water partition coefficient (Wildman–Crippen LogP) is 1.30. The van der Waals surface area contributed by atoms with E-state index < -0.39 is 12.0 Å². The van der Waals surface area contributed by atoms with E-state index in [4.69, 9.17) is 11.5 Å². The summed E-state index contributed by atoms with van der Waals surface area (Å²) in [5.41, 5.74) is 13.1. The van der Waals surface area contributed by atoms with E-state index in [1.807, 2.05) is 37.3 Å². The molecule has 0 fully saturated rings. The number of aromatic nitrogens is 1. The number of halogens is 1. The van der Waals surface area contributed by atoms with Crippen LogP contribution in [0.1, 0.15) is 24.1 Å². The Morgan fingerprint density at radius 3 is 2.52 bits per heavy atom. The first-order valence-electron chi connectivity index (χ1n) is 7.45. The molecule has 0 aliphatic heterocycles. The Bertz CT molecular complexity index is 648. The third-order valence-electron chi connectivity index (χ3n) is 3.60. The van der Waals surface area contributed by atoms with Gasteiger partial charge in [0.2, 0.25) is 11.9 Å². The van der Waals surface area contributed by atoms with E-state index in [0.717, 1.165) is 5.56 Å². The van der Waals surface area contributed by atoms with Crippen LogP contribution in [0.2, 0.25) is 0 Å². The third kappa shape index (κ3) is 4.58. The highest BCUT2D eigenvalue weighted by Crippen LogP contribution is 2.16. The Morgan fingerprint density at radius 2 is 1.91 bits per heavy atom. The molecule has 0 spiro atoms. The van der Waals surface area contributed by atoms with Gasteiger partial charge in [0.25, 0.3) is 0 Å². The van der Waals surface area contributed by atoms with E-state index in [1.54, 1.807) is 12.1 Å². The molecule has 2 aromatic rings. The first-order chi connectivity index (χ1) is 11.0. The van der Waals surface area contributed by atoms with Crippen molar-refractivity contribution < 1.29 is 9.18 Å². The fourth-order valence-corrected chi connectivity index (χ4v) is 2.34. The summed E-state index contributed by atoms with van der Waals surface area (Å²) >= 11 is 0. The maximum atomic E-state index is 13.6. The molecule has 0 aliphatic rings. The van der Waals surface area contributed by atoms with Crippen LogP contribution in [0.15, 0.2) is 48.7 Å². The van der Waals surface area contributed by atoms with Gasteiger partial charge in [0.05, 0.1) is 12.1 Å². The number of amides is 1. The minimum absolute atomic E-state index is 0.0754. The fourth-order valence-electron chi connectivity index (χ4n) is 2.34. The first kappa shape index (κ1) is 17.1. The van der Waals surface area contributed by atoms with Crippen molar-refractivity contribution in [3.63, 3.8) is 0 Å². The highest BCUT2D eigenvalue weighted by atomic mass is 19.1. The second-order valence-electron chi connectivity index (χ2n) is 5.52. The van der Waals surface area contributed by atoms with Crippen molar-refractivity contribution in [2.24, 2.45) is 11.5 Å². The van der Waals surface area contributed by atoms with E-state index in [1.165, 1.54) is 6.20 Å². The van der Waals surface area contributed by atoms with Crippen LogP contribution in [0.5, 0.6) is 0 Å². The summed E-state index contributed by atoms with van der Waals surface area (Å²) in [6.07, 6.45) is 1.43. The Morgan fingerprint density at radius 1 is 1.22 bits per heavy atom. The van der Waals surface area contributed by atoms with Gasteiger partial charge in [-0.15, -0.1) is 0 Å². The van der Waals surface area contributed by atoms with Gasteiger partial charge >= 0.3 is 0 Å². The SMILES string of the molecule is CC(N)C(NC(=O)C(N)Cc1cccnc1F)c1ccccc1. The molecule has 5 nitrogen and oxygen atoms in total. The molecule has 1 aromatic heterocycles. The van der Waals surface area contributed by atoms with Gasteiger partial charge in [0, 0.05) is 24.2 Å². The van der Waals surface area contributed by atoms with Crippen LogP contribution in [-0.4, -0.2) is 23.0 Å². The third-order valence-corrected chi connectivity index (χ3v) is 3.60. The second kappa shape index (κ2) is 7.80. The number of rotatable bonds is 6. The van der Waals surface area contributed by atoms with Crippen LogP contribution in [0, 0.1) is 5.95 Å². The van der Waals surface area contributed by atoms with E-state index >= 15 is 0 Å². The molecule has 23 heavy (non-hydrogen) atoms. The van der Waals surface area contributed by atoms with Crippen LogP contribution in [0.3, 0.4) is 0 Å². The smallest absolute Gasteiger partial charge is 0.237 e. The number of hydrogen-bond donors (Lipinski definition) is 3. The molecule has 3 atom stereocenters. The Labute approximate surface area is 134 Å². The molecule has 0 saturated carbocycles. The summed E-state index contributed by atoms with van der Waals surface area (Å²) in [4.78, 5) is 15.9. The maximum absolute atomic E-state index is 13.6. The number of nitrogens with two attached hydrogens (primary N) is 2. The summed E-state index contributed by atoms with van der Waals surface area (Å²) < 4.78 is 13.6. The number of nitrogens with zero attached hydrogens (tertiary/aromatic N) is 1. The van der Waals surface area contributed by atoms with Crippen LogP contribution >= 0.6 is 0 Å². The summed E-state index contributed by atoms with van der Waals surface area (Å²) in [7, 11) is 0. The quantitative estimate of drug-likeness (QED) is 0.700. The lowest BCUT2D eigenvalue weighted by molar-refractivity contribution is -0.123. The van der Waals surface area contributed by atoms with Crippen molar-refractivity contribution in [1.29, 1.82) is 0 Å². The highest BCUT2D eigenvalue weighted by molar-refractivity contribution is 5.82. The van der Waals surface area contributed by atoms with Crippen molar-refractivity contribution in [1.82, 2.24) is 10.3 Å². The molecule has 3 unspecified atom stereocenters. The Kier molecular flexibility index (Phi) is 5.78. The molecule has 5 N–H and O–H groups in total. The standard InChI is InChI=1S/C17H21FN4O/c1-11(19)15(12-6-3-2-4-7-12)22-17(23)14(20)10-13-8-5-9-21-16(13)18/h2-9,11,14-15H,10,19-20H2,1H3,(H,22,23). The van der Waals surface area contributed by atoms with Gasteiger partial charge < -0.3 is 16.8 Å². The molecule has 0 aliphatic carbocycles. The molecular weight excluding hydrogens is 295 g/mol. The molecule has 6 heteroatoms. The number of carbonyl (C=O) groups is 1. The fraction of sp³-hybridized carbons (Fsp3) is 0.294. The molecule has 2 rings (SSSR count). The number of nitrogens with one attached hydrogen (secondary N) is 1. The largest absolute Gasteiger partial charge is 0.346 e. The number of carbonyl (C=O) groups excluding carboxylic acids is 1. The lowest BCUT2D eigenvalue weighted by Gasteiger charge is -2.24. The predicted molar refractivity (Wildman–Crippen MR) is 86.8 cm³/mol. The van der Waals surface area contributed by atoms with Crippen LogP contribution < -0.4 is 16.8 Å². The van der Waals surface area contributed by atoms with Crippen LogP contribution in [0.25, 0.3) is 0 Å². The molecule has 1 heterocycles. The zero-order valence-corrected chi connectivity index (χ0v) is 12.9. The Balaban J connectivity index is 2.05. The molecule has 0 saturated heterocycles. The topological polar surface area (TPSA) is 94.0 Å². The number of hydrogen-bond acceptors (Lipinski definition) is 4. The molecule has 0 bridgehead atoms. The van der Waals surface area contributed by atoms with Crippen molar-refractivity contribution in [2.75, 3.05) is 0 Å². The van der Waals surface area contributed by atoms with Crippen LogP contribution in [-0.2, 0) is 11.2 Å². The van der Waals surface area contributed by atoms with Crippen LogP contribution in [0.4, 0.5) is 4.39 Å². The van der Waals surface area contributed by atoms with Gasteiger partial charge in [0.1, 0.15) is 0 Å². The maximum Gasteiger partial charge on any atom is 0.237 e. The second-order valence-corrected chi connectivity index (χ2v) is 5.52. The summed E-state index contributed by atoms with van der Waals surface area (Å²) in [5.74, 6) is -0.984. The van der Waals surface area contributed by atoms with E-state index in [-0.39, 0.29) is 24.4 Å². The van der Waals surface area contributed by atoms with Gasteiger partial charge in [-0.3, -0.25) is 4.79 Å². The minimum atomic E-state index is -0.876. The van der Waals surface area contributed by atoms with Crippen molar-refractivity contribution in [2.45, 2.75) is 31.5 Å². The molecule has 122 valence electrons. The first-order valence-corrected chi connectivity index (χ1v) is 7.45. The van der Waals surface area contributed by atoms with Crippen molar-refractivity contribution >= 4 is 5.91 Å². The summed E-state index contributed by atoms with van der Waals surface area (Å²) in [6.45, 7) is 1.81. The Hall–Kier alpha value is -2.31. The monoisotopic (exact) mass is 316 g/mol. The number of benzene rings is 1. The normalized spacial score (nSPS) is 14.8. The van der Waals surface area contributed by atoms with Gasteiger partial charge in [-0.05, 0) is 18.6 Å². The minimum Gasteiger partial charge on any atom is -0.346 e. The molecular formula is C17H21FN4O. The lowest BCUT2D eigenvalue weighted by atomic mass is 10.00. The zero-order valence-electron chi connectivity index (χ0n) is 12.9. The van der Waals surface area contributed by atoms with Gasteiger partial charge in [-0.1, -0.05) is 36.4 Å². The number of pyridine rings is 1. The summed E-state index contributed by atoms with van der Waals surface area (Å²) in [6, 6.07) is 11.1. The van der Waals surface area contributed by atoms with E-state index in [0.29, 0.717) is 5.56 Å². The molecule has 1 aromatic carbocycles.